The molecule has 0 unspecified atom stereocenters. The largest absolute Gasteiger partial charge is 0.0955 e. The van der Waals surface area contributed by atoms with Gasteiger partial charge in [0.1, 0.15) is 0 Å². The molecule has 0 aliphatic heterocycles. The van der Waals surface area contributed by atoms with E-state index in [0.29, 0.717) is 5.41 Å². The third-order valence-corrected chi connectivity index (χ3v) is 4.50. The van der Waals surface area contributed by atoms with Gasteiger partial charge in [0.2, 0.25) is 0 Å². The van der Waals surface area contributed by atoms with Crippen molar-refractivity contribution in [2.75, 3.05) is 0 Å². The van der Waals surface area contributed by atoms with E-state index in [1.54, 1.807) is 5.57 Å². The van der Waals surface area contributed by atoms with Crippen LogP contribution in [0.1, 0.15) is 52.9 Å². The van der Waals surface area contributed by atoms with Crippen molar-refractivity contribution in [1.29, 1.82) is 0 Å². The molecular weight excluding hydrogens is 180 g/mol. The molecule has 2 atom stereocenters. The molecule has 0 heterocycles. The molecule has 0 spiro atoms. The molecule has 15 heavy (non-hydrogen) atoms. The van der Waals surface area contributed by atoms with Crippen LogP contribution in [0.2, 0.25) is 0 Å². The van der Waals surface area contributed by atoms with Crippen molar-refractivity contribution in [3.8, 4) is 0 Å². The summed E-state index contributed by atoms with van der Waals surface area (Å²) in [5.74, 6) is 1.58. The van der Waals surface area contributed by atoms with E-state index in [4.69, 9.17) is 0 Å². The van der Waals surface area contributed by atoms with Gasteiger partial charge in [0.05, 0.1) is 0 Å². The van der Waals surface area contributed by atoms with E-state index in [2.05, 4.69) is 33.4 Å². The predicted octanol–water partition coefficient (Wildman–Crippen LogP) is 4.73. The summed E-state index contributed by atoms with van der Waals surface area (Å²) in [7, 11) is 0. The monoisotopic (exact) mass is 204 g/mol. The van der Waals surface area contributed by atoms with Crippen LogP contribution in [0.3, 0.4) is 0 Å². The SMILES string of the molecule is C=C1CCC[C@]2(C)CC[C@H](C(C)C)C=C12. The fourth-order valence-electron chi connectivity index (χ4n) is 3.28. The van der Waals surface area contributed by atoms with Crippen molar-refractivity contribution in [1.82, 2.24) is 0 Å². The van der Waals surface area contributed by atoms with E-state index >= 15 is 0 Å². The van der Waals surface area contributed by atoms with Crippen LogP contribution in [0.5, 0.6) is 0 Å². The van der Waals surface area contributed by atoms with Crippen LogP contribution in [0.4, 0.5) is 0 Å². The minimum Gasteiger partial charge on any atom is -0.0955 e. The van der Waals surface area contributed by atoms with Crippen LogP contribution in [0.15, 0.2) is 23.8 Å². The second kappa shape index (κ2) is 3.81. The normalized spacial score (nSPS) is 36.4. The highest BCUT2D eigenvalue weighted by Gasteiger charge is 2.37. The molecule has 0 aromatic rings. The van der Waals surface area contributed by atoms with Crippen molar-refractivity contribution in [3.63, 3.8) is 0 Å². The molecule has 0 amide bonds. The Labute approximate surface area is 94.5 Å². The molecule has 2 aliphatic rings. The molecule has 0 N–H and O–H groups in total. The van der Waals surface area contributed by atoms with Crippen molar-refractivity contribution in [2.45, 2.75) is 52.9 Å². The standard InChI is InChI=1S/C15H24/c1-11(2)13-7-9-15(4)8-5-6-12(3)14(15)10-13/h10-11,13H,3,5-9H2,1-2,4H3/t13-,15+/m0/s1. The van der Waals surface area contributed by atoms with Gasteiger partial charge in [-0.2, -0.15) is 0 Å². The zero-order valence-corrected chi connectivity index (χ0v) is 10.5. The van der Waals surface area contributed by atoms with Crippen molar-refractivity contribution >= 4 is 0 Å². The van der Waals surface area contributed by atoms with E-state index in [-0.39, 0.29) is 0 Å². The Kier molecular flexibility index (Phi) is 2.79. The summed E-state index contributed by atoms with van der Waals surface area (Å²) in [5, 5.41) is 0. The van der Waals surface area contributed by atoms with Crippen LogP contribution in [0, 0.1) is 17.3 Å². The Morgan fingerprint density at radius 3 is 2.80 bits per heavy atom. The maximum absolute atomic E-state index is 4.27. The highest BCUT2D eigenvalue weighted by molar-refractivity contribution is 5.38. The van der Waals surface area contributed by atoms with Gasteiger partial charge in [0, 0.05) is 0 Å². The highest BCUT2D eigenvalue weighted by Crippen LogP contribution is 2.50. The van der Waals surface area contributed by atoms with Crippen molar-refractivity contribution in [2.24, 2.45) is 17.3 Å². The maximum atomic E-state index is 4.27. The van der Waals surface area contributed by atoms with Gasteiger partial charge in [-0.3, -0.25) is 0 Å². The number of rotatable bonds is 1. The van der Waals surface area contributed by atoms with Gasteiger partial charge in [0.25, 0.3) is 0 Å². The smallest absolute Gasteiger partial charge is 0.00755 e. The lowest BCUT2D eigenvalue weighted by Crippen LogP contribution is -2.30. The molecule has 0 radical (unpaired) electrons. The van der Waals surface area contributed by atoms with E-state index in [0.717, 1.165) is 11.8 Å². The van der Waals surface area contributed by atoms with Crippen LogP contribution in [-0.4, -0.2) is 0 Å². The number of hydrogen-bond acceptors (Lipinski definition) is 0. The zero-order chi connectivity index (χ0) is 11.1. The average Bonchev–Trinajstić information content (AvgIpc) is 2.17. The van der Waals surface area contributed by atoms with Crippen LogP contribution in [-0.2, 0) is 0 Å². The van der Waals surface area contributed by atoms with Crippen LogP contribution in [0.25, 0.3) is 0 Å². The molecule has 0 nitrogen and oxygen atoms in total. The van der Waals surface area contributed by atoms with Gasteiger partial charge in [-0.05, 0) is 54.9 Å². The lowest BCUT2D eigenvalue weighted by atomic mass is 9.62. The summed E-state index contributed by atoms with van der Waals surface area (Å²) in [6, 6.07) is 0. The van der Waals surface area contributed by atoms with Gasteiger partial charge < -0.3 is 0 Å². The quantitative estimate of drug-likeness (QED) is 0.579. The molecule has 0 saturated heterocycles. The Balaban J connectivity index is 2.30. The molecular formula is C15H24. The van der Waals surface area contributed by atoms with Crippen molar-refractivity contribution in [3.05, 3.63) is 23.8 Å². The fourth-order valence-corrected chi connectivity index (χ4v) is 3.28. The van der Waals surface area contributed by atoms with E-state index in [1.807, 2.05) is 0 Å². The number of fused-ring (bicyclic) bond motifs is 1. The first-order valence-corrected chi connectivity index (χ1v) is 6.43. The lowest BCUT2D eigenvalue weighted by Gasteiger charge is -2.43. The molecule has 2 aliphatic carbocycles. The predicted molar refractivity (Wildman–Crippen MR) is 66.7 cm³/mol. The number of allylic oxidation sites excluding steroid dienone is 3. The third-order valence-electron chi connectivity index (χ3n) is 4.50. The van der Waals surface area contributed by atoms with Crippen molar-refractivity contribution < 1.29 is 0 Å². The summed E-state index contributed by atoms with van der Waals surface area (Å²) in [6.45, 7) is 11.4. The summed E-state index contributed by atoms with van der Waals surface area (Å²) in [6.07, 6.45) is 9.26. The molecule has 0 bridgehead atoms. The Bertz CT molecular complexity index is 295. The minimum absolute atomic E-state index is 0.473. The summed E-state index contributed by atoms with van der Waals surface area (Å²) >= 11 is 0. The van der Waals surface area contributed by atoms with Gasteiger partial charge in [0.15, 0.2) is 0 Å². The average molecular weight is 204 g/mol. The molecule has 0 heteroatoms. The second-order valence-electron chi connectivity index (χ2n) is 6.04. The molecule has 1 saturated carbocycles. The van der Waals surface area contributed by atoms with Gasteiger partial charge in [-0.1, -0.05) is 39.0 Å². The first kappa shape index (κ1) is 11.0. The first-order valence-electron chi connectivity index (χ1n) is 6.43. The maximum Gasteiger partial charge on any atom is -0.00755 e. The van der Waals surface area contributed by atoms with Gasteiger partial charge >= 0.3 is 0 Å². The minimum atomic E-state index is 0.473. The Morgan fingerprint density at radius 1 is 1.40 bits per heavy atom. The number of hydrogen-bond donors (Lipinski definition) is 0. The first-order chi connectivity index (χ1) is 7.03. The molecule has 1 fully saturated rings. The summed E-state index contributed by atoms with van der Waals surface area (Å²) in [4.78, 5) is 0. The summed E-state index contributed by atoms with van der Waals surface area (Å²) in [5.41, 5.74) is 3.51. The molecule has 2 rings (SSSR count). The lowest BCUT2D eigenvalue weighted by molar-refractivity contribution is 0.244. The van der Waals surface area contributed by atoms with Crippen LogP contribution >= 0.6 is 0 Å². The van der Waals surface area contributed by atoms with E-state index < -0.39 is 0 Å². The highest BCUT2D eigenvalue weighted by atomic mass is 14.4. The molecule has 0 aromatic carbocycles. The topological polar surface area (TPSA) is 0 Å². The fraction of sp³-hybridized carbons (Fsp3) is 0.733. The second-order valence-corrected chi connectivity index (χ2v) is 6.04. The molecule has 0 aromatic heterocycles. The Morgan fingerprint density at radius 2 is 2.13 bits per heavy atom. The summed E-state index contributed by atoms with van der Waals surface area (Å²) < 4.78 is 0. The third kappa shape index (κ3) is 1.91. The van der Waals surface area contributed by atoms with Crippen LogP contribution < -0.4 is 0 Å². The molecule has 84 valence electrons. The van der Waals surface area contributed by atoms with Gasteiger partial charge in [-0.15, -0.1) is 0 Å². The van der Waals surface area contributed by atoms with Gasteiger partial charge in [-0.25, -0.2) is 0 Å². The zero-order valence-electron chi connectivity index (χ0n) is 10.5. The Hall–Kier alpha value is -0.520. The van der Waals surface area contributed by atoms with E-state index in [9.17, 15) is 0 Å². The van der Waals surface area contributed by atoms with E-state index in [1.165, 1.54) is 37.7 Å².